The van der Waals surface area contributed by atoms with Gasteiger partial charge in [0, 0.05) is 28.8 Å². The first kappa shape index (κ1) is 21.0. The number of carbonyl (C=O) groups is 1. The molecule has 174 valence electrons. The topological polar surface area (TPSA) is 115 Å². The van der Waals surface area contributed by atoms with E-state index in [1.165, 1.54) is 6.07 Å². The Bertz CT molecular complexity index is 1350. The van der Waals surface area contributed by atoms with E-state index in [2.05, 4.69) is 26.3 Å². The van der Waals surface area contributed by atoms with Crippen molar-refractivity contribution in [2.45, 2.75) is 50.5 Å². The van der Waals surface area contributed by atoms with Crippen molar-refractivity contribution >= 4 is 22.8 Å². The number of hydrogen-bond acceptors (Lipinski definition) is 5. The summed E-state index contributed by atoms with van der Waals surface area (Å²) in [6, 6.07) is 3.01. The van der Waals surface area contributed by atoms with Crippen LogP contribution in [0.25, 0.3) is 22.3 Å². The minimum atomic E-state index is -0.873. The van der Waals surface area contributed by atoms with Gasteiger partial charge in [-0.05, 0) is 62.3 Å². The van der Waals surface area contributed by atoms with E-state index in [-0.39, 0.29) is 34.8 Å². The molecule has 3 N–H and O–H groups in total. The molecule has 2 atom stereocenters. The lowest BCUT2D eigenvalue weighted by Gasteiger charge is -2.47. The molecule has 0 aliphatic heterocycles. The van der Waals surface area contributed by atoms with Crippen LogP contribution in [0.15, 0.2) is 18.5 Å². The summed E-state index contributed by atoms with van der Waals surface area (Å²) in [5.74, 6) is -2.53. The van der Waals surface area contributed by atoms with Gasteiger partial charge < -0.3 is 15.4 Å². The summed E-state index contributed by atoms with van der Waals surface area (Å²) in [6.45, 7) is 0. The third-order valence-corrected chi connectivity index (χ3v) is 7.83. The molecule has 4 saturated carbocycles. The molecule has 3 aromatic rings. The lowest BCUT2D eigenvalue weighted by atomic mass is 9.61. The summed E-state index contributed by atoms with van der Waals surface area (Å²) in [4.78, 5) is 23.7. The maximum Gasteiger partial charge on any atom is 0.308 e. The van der Waals surface area contributed by atoms with Gasteiger partial charge in [-0.2, -0.15) is 5.26 Å². The highest BCUT2D eigenvalue weighted by Crippen LogP contribution is 2.49. The van der Waals surface area contributed by atoms with Crippen LogP contribution in [0.2, 0.25) is 0 Å². The van der Waals surface area contributed by atoms with E-state index >= 15 is 4.39 Å². The van der Waals surface area contributed by atoms with E-state index in [9.17, 15) is 19.6 Å². The molecule has 0 radical (unpaired) electrons. The van der Waals surface area contributed by atoms with Crippen molar-refractivity contribution in [2.75, 3.05) is 5.32 Å². The molecule has 4 fully saturated rings. The number of fused-ring (bicyclic) bond motifs is 4. The van der Waals surface area contributed by atoms with Crippen molar-refractivity contribution in [3.63, 3.8) is 0 Å². The van der Waals surface area contributed by atoms with Gasteiger partial charge in [-0.1, -0.05) is 0 Å². The number of aliphatic carboxylic acids is 1. The van der Waals surface area contributed by atoms with Gasteiger partial charge in [0.25, 0.3) is 0 Å². The van der Waals surface area contributed by atoms with Crippen molar-refractivity contribution < 1.29 is 18.7 Å². The first-order valence-corrected chi connectivity index (χ1v) is 11.7. The Labute approximate surface area is 194 Å². The molecule has 4 aliphatic carbocycles. The fourth-order valence-electron chi connectivity index (χ4n) is 6.08. The van der Waals surface area contributed by atoms with Gasteiger partial charge >= 0.3 is 5.97 Å². The second-order valence-corrected chi connectivity index (χ2v) is 9.76. The molecule has 0 amide bonds. The summed E-state index contributed by atoms with van der Waals surface area (Å²) >= 11 is 0. The van der Waals surface area contributed by atoms with E-state index in [1.54, 1.807) is 6.20 Å². The zero-order valence-corrected chi connectivity index (χ0v) is 18.3. The SMILES string of the molecule is N#Cc1c(-c2c[nH]c3ncc(F)cc23)nc(NC2C3CCC(CC3)C2C(=O)O)c(F)c1C1CC1. The molecule has 7 nitrogen and oxygen atoms in total. The van der Waals surface area contributed by atoms with Gasteiger partial charge in [0.15, 0.2) is 11.6 Å². The number of carboxylic acids is 1. The van der Waals surface area contributed by atoms with Crippen LogP contribution in [0, 0.1) is 40.7 Å². The highest BCUT2D eigenvalue weighted by molar-refractivity contribution is 5.94. The molecule has 34 heavy (non-hydrogen) atoms. The maximum absolute atomic E-state index is 15.8. The van der Waals surface area contributed by atoms with Crippen LogP contribution < -0.4 is 5.32 Å². The number of aromatic amines is 1. The molecule has 2 bridgehead atoms. The number of hydrogen-bond donors (Lipinski definition) is 3. The van der Waals surface area contributed by atoms with Gasteiger partial charge in [-0.25, -0.2) is 18.7 Å². The first-order chi connectivity index (χ1) is 16.5. The highest BCUT2D eigenvalue weighted by atomic mass is 19.1. The molecule has 4 aliphatic rings. The number of nitrogens with zero attached hydrogens (tertiary/aromatic N) is 3. The third-order valence-electron chi connectivity index (χ3n) is 7.83. The lowest BCUT2D eigenvalue weighted by molar-refractivity contribution is -0.148. The average molecular weight is 463 g/mol. The summed E-state index contributed by atoms with van der Waals surface area (Å²) in [6.07, 6.45) is 7.78. The summed E-state index contributed by atoms with van der Waals surface area (Å²) in [7, 11) is 0. The number of H-pyrrole nitrogens is 1. The van der Waals surface area contributed by atoms with Crippen LogP contribution in [0.4, 0.5) is 14.6 Å². The minimum absolute atomic E-state index is 0.0292. The number of nitriles is 1. The Hall–Kier alpha value is -3.54. The van der Waals surface area contributed by atoms with Crippen molar-refractivity contribution in [1.29, 1.82) is 5.26 Å². The second-order valence-electron chi connectivity index (χ2n) is 9.76. The van der Waals surface area contributed by atoms with E-state index in [0.29, 0.717) is 22.2 Å². The molecule has 7 rings (SSSR count). The van der Waals surface area contributed by atoms with Crippen molar-refractivity contribution in [3.8, 4) is 17.3 Å². The molecular weight excluding hydrogens is 440 g/mol. The van der Waals surface area contributed by atoms with E-state index in [0.717, 1.165) is 44.7 Å². The Balaban J connectivity index is 1.51. The van der Waals surface area contributed by atoms with Gasteiger partial charge in [-0.15, -0.1) is 0 Å². The number of carboxylic acid groups (broad SMARTS) is 1. The van der Waals surface area contributed by atoms with Crippen LogP contribution in [0.3, 0.4) is 0 Å². The molecule has 3 heterocycles. The standard InChI is InChI=1S/C25H23F2N5O2/c26-14-7-15-17(10-30-23(15)29-9-14)22-16(8-28)18(11-1-2-11)20(27)24(32-22)31-21-13-5-3-12(4-6-13)19(21)25(33)34/h7,9-13,19,21H,1-6H2,(H,29,30)(H,31,32)(H,33,34). The minimum Gasteiger partial charge on any atom is -0.481 e. The fourth-order valence-corrected chi connectivity index (χ4v) is 6.08. The van der Waals surface area contributed by atoms with Crippen LogP contribution in [0.5, 0.6) is 0 Å². The van der Waals surface area contributed by atoms with E-state index < -0.39 is 29.6 Å². The Morgan fingerprint density at radius 2 is 1.91 bits per heavy atom. The predicted molar refractivity (Wildman–Crippen MR) is 120 cm³/mol. The Morgan fingerprint density at radius 3 is 2.59 bits per heavy atom. The fraction of sp³-hybridized carbons (Fsp3) is 0.440. The number of pyridine rings is 2. The Kier molecular flexibility index (Phi) is 4.80. The molecule has 9 heteroatoms. The highest BCUT2D eigenvalue weighted by Gasteiger charge is 2.48. The van der Waals surface area contributed by atoms with E-state index in [1.807, 2.05) is 0 Å². The average Bonchev–Trinajstić information content (AvgIpc) is 3.59. The molecule has 0 spiro atoms. The summed E-state index contributed by atoms with van der Waals surface area (Å²) < 4.78 is 29.8. The van der Waals surface area contributed by atoms with E-state index in [4.69, 9.17) is 0 Å². The van der Waals surface area contributed by atoms with Gasteiger partial charge in [0.1, 0.15) is 17.5 Å². The van der Waals surface area contributed by atoms with Crippen LogP contribution in [-0.2, 0) is 4.79 Å². The van der Waals surface area contributed by atoms with Crippen LogP contribution >= 0.6 is 0 Å². The van der Waals surface area contributed by atoms with Crippen LogP contribution in [0.1, 0.15) is 55.6 Å². The zero-order valence-electron chi connectivity index (χ0n) is 18.3. The largest absolute Gasteiger partial charge is 0.481 e. The third kappa shape index (κ3) is 3.23. The number of rotatable bonds is 5. The molecule has 3 aromatic heterocycles. The number of anilines is 1. The second kappa shape index (κ2) is 7.76. The van der Waals surface area contributed by atoms with Gasteiger partial charge in [0.2, 0.25) is 0 Å². The summed E-state index contributed by atoms with van der Waals surface area (Å²) in [5, 5.41) is 23.5. The van der Waals surface area contributed by atoms with Crippen LogP contribution in [-0.4, -0.2) is 32.1 Å². The number of aromatic nitrogens is 3. The predicted octanol–water partition coefficient (Wildman–Crippen LogP) is 4.95. The Morgan fingerprint density at radius 1 is 1.18 bits per heavy atom. The maximum atomic E-state index is 15.8. The molecule has 0 saturated heterocycles. The lowest BCUT2D eigenvalue weighted by Crippen LogP contribution is -2.51. The molecule has 0 aromatic carbocycles. The van der Waals surface area contributed by atoms with Gasteiger partial charge in [0.05, 0.1) is 23.4 Å². The smallest absolute Gasteiger partial charge is 0.308 e. The quantitative estimate of drug-likeness (QED) is 0.493. The van der Waals surface area contributed by atoms with Crippen molar-refractivity contribution in [2.24, 2.45) is 17.8 Å². The summed E-state index contributed by atoms with van der Waals surface area (Å²) in [5.41, 5.74) is 1.59. The zero-order chi connectivity index (χ0) is 23.6. The molecular formula is C25H23F2N5O2. The number of halogens is 2. The van der Waals surface area contributed by atoms with Crippen molar-refractivity contribution in [1.82, 2.24) is 15.0 Å². The van der Waals surface area contributed by atoms with Gasteiger partial charge in [-0.3, -0.25) is 4.79 Å². The van der Waals surface area contributed by atoms with Crippen molar-refractivity contribution in [3.05, 3.63) is 41.2 Å². The normalized spacial score (nSPS) is 25.9. The molecule has 2 unspecified atom stereocenters. The first-order valence-electron chi connectivity index (χ1n) is 11.7. The monoisotopic (exact) mass is 463 g/mol. The number of nitrogens with one attached hydrogen (secondary N) is 2.